The third kappa shape index (κ3) is 2.46. The summed E-state index contributed by atoms with van der Waals surface area (Å²) >= 11 is 5.26. The van der Waals surface area contributed by atoms with Gasteiger partial charge in [-0.05, 0) is 30.8 Å². The second kappa shape index (κ2) is 5.52. The largest absolute Gasteiger partial charge is 0.481 e. The molecule has 1 aromatic carbocycles. The number of carboxylic acid groups (broad SMARTS) is 1. The van der Waals surface area contributed by atoms with E-state index in [2.05, 4.69) is 0 Å². The number of hydrogen-bond donors (Lipinski definition) is 1. The fourth-order valence-electron chi connectivity index (χ4n) is 3.17. The van der Waals surface area contributed by atoms with Crippen LogP contribution in [-0.2, 0) is 31.2 Å². The monoisotopic (exact) mass is 342 g/mol. The van der Waals surface area contributed by atoms with Crippen LogP contribution in [0.4, 0.5) is 13.2 Å². The zero-order valence-electron chi connectivity index (χ0n) is 12.1. The van der Waals surface area contributed by atoms with E-state index in [9.17, 15) is 18.0 Å². The van der Waals surface area contributed by atoms with Crippen LogP contribution in [0.25, 0.3) is 0 Å². The zero-order chi connectivity index (χ0) is 16.9. The van der Waals surface area contributed by atoms with Crippen molar-refractivity contribution in [3.8, 4) is 0 Å². The molecule has 1 aliphatic rings. The van der Waals surface area contributed by atoms with Crippen LogP contribution in [0.2, 0.25) is 0 Å². The molecule has 0 bridgehead atoms. The molecule has 1 aliphatic heterocycles. The molecule has 122 valence electrons. The Morgan fingerprint density at radius 2 is 2.00 bits per heavy atom. The number of halogens is 3. The number of rotatable bonds is 3. The minimum absolute atomic E-state index is 0.193. The van der Waals surface area contributed by atoms with Gasteiger partial charge in [0.25, 0.3) is 0 Å². The first-order valence-electron chi connectivity index (χ1n) is 6.93. The molecule has 1 N–H and O–H groups in total. The molecule has 0 radical (unpaired) electrons. The predicted molar refractivity (Wildman–Crippen MR) is 78.3 cm³/mol. The highest BCUT2D eigenvalue weighted by atomic mass is 32.1. The van der Waals surface area contributed by atoms with Crippen molar-refractivity contribution in [1.29, 1.82) is 0 Å². The Hall–Kier alpha value is -2.09. The van der Waals surface area contributed by atoms with Gasteiger partial charge in [-0.1, -0.05) is 0 Å². The summed E-state index contributed by atoms with van der Waals surface area (Å²) in [4.78, 5) is 11.0. The van der Waals surface area contributed by atoms with Crippen molar-refractivity contribution in [1.82, 2.24) is 9.13 Å². The molecule has 0 saturated carbocycles. The highest BCUT2D eigenvalue weighted by Gasteiger charge is 2.33. The third-order valence-electron chi connectivity index (χ3n) is 4.23. The number of carboxylic acids is 1. The smallest absolute Gasteiger partial charge is 0.309 e. The van der Waals surface area contributed by atoms with Gasteiger partial charge in [-0.15, -0.1) is 0 Å². The Bertz CT molecular complexity index is 873. The Morgan fingerprint density at radius 1 is 1.35 bits per heavy atom. The lowest BCUT2D eigenvalue weighted by atomic mass is 9.95. The van der Waals surface area contributed by atoms with Crippen LogP contribution in [0.15, 0.2) is 12.1 Å². The summed E-state index contributed by atoms with van der Waals surface area (Å²) < 4.78 is 45.0. The maximum atomic E-state index is 14.0. The van der Waals surface area contributed by atoms with Crippen molar-refractivity contribution in [3.05, 3.63) is 51.3 Å². The van der Waals surface area contributed by atoms with E-state index in [4.69, 9.17) is 17.3 Å². The van der Waals surface area contributed by atoms with Crippen molar-refractivity contribution in [2.45, 2.75) is 25.3 Å². The Labute approximate surface area is 134 Å². The average molecular weight is 342 g/mol. The lowest BCUT2D eigenvalue weighted by molar-refractivity contribution is -0.136. The lowest BCUT2D eigenvalue weighted by Gasteiger charge is -2.13. The number of hydrogen-bond acceptors (Lipinski definition) is 2. The van der Waals surface area contributed by atoms with E-state index in [0.717, 1.165) is 12.1 Å². The minimum Gasteiger partial charge on any atom is -0.481 e. The summed E-state index contributed by atoms with van der Waals surface area (Å²) in [6, 6.07) is 1.64. The highest BCUT2D eigenvalue weighted by molar-refractivity contribution is 7.71. The molecule has 3 rings (SSSR count). The van der Waals surface area contributed by atoms with E-state index in [1.54, 1.807) is 16.2 Å². The molecule has 0 aliphatic carbocycles. The van der Waals surface area contributed by atoms with Gasteiger partial charge in [-0.2, -0.15) is 0 Å². The molecule has 1 atom stereocenters. The molecule has 0 saturated heterocycles. The number of carbonyl (C=O) groups is 1. The predicted octanol–water partition coefficient (Wildman–Crippen LogP) is 2.94. The number of aliphatic carboxylic acids is 1. The summed E-state index contributed by atoms with van der Waals surface area (Å²) in [6.45, 7) is 0.193. The molecular weight excluding hydrogens is 329 g/mol. The molecule has 1 aromatic heterocycles. The number of nitrogens with zero attached hydrogens (tertiary/aromatic N) is 2. The van der Waals surface area contributed by atoms with Gasteiger partial charge in [0.1, 0.15) is 5.82 Å². The normalized spacial score (nSPS) is 16.6. The van der Waals surface area contributed by atoms with Crippen molar-refractivity contribution in [2.75, 3.05) is 0 Å². The van der Waals surface area contributed by atoms with Crippen LogP contribution < -0.4 is 0 Å². The third-order valence-corrected chi connectivity index (χ3v) is 4.72. The Balaban J connectivity index is 2.05. The van der Waals surface area contributed by atoms with Crippen LogP contribution in [0, 0.1) is 22.2 Å². The van der Waals surface area contributed by atoms with Crippen LogP contribution >= 0.6 is 12.2 Å². The summed E-state index contributed by atoms with van der Waals surface area (Å²) in [5.41, 5.74) is 0.821. The van der Waals surface area contributed by atoms with Crippen LogP contribution in [-0.4, -0.2) is 20.2 Å². The number of imidazole rings is 1. The maximum Gasteiger partial charge on any atom is 0.309 e. The molecule has 23 heavy (non-hydrogen) atoms. The summed E-state index contributed by atoms with van der Waals surface area (Å²) in [6.07, 6.45) is -0.0201. The molecule has 0 amide bonds. The van der Waals surface area contributed by atoms with E-state index in [1.807, 2.05) is 0 Å². The Morgan fingerprint density at radius 3 is 2.65 bits per heavy atom. The topological polar surface area (TPSA) is 47.2 Å². The lowest BCUT2D eigenvalue weighted by Crippen LogP contribution is -2.11. The van der Waals surface area contributed by atoms with Crippen molar-refractivity contribution >= 4 is 18.2 Å². The van der Waals surface area contributed by atoms with Gasteiger partial charge in [-0.25, -0.2) is 13.2 Å². The van der Waals surface area contributed by atoms with Crippen molar-refractivity contribution in [2.24, 2.45) is 7.05 Å². The molecule has 0 spiro atoms. The average Bonchev–Trinajstić information content (AvgIpc) is 2.99. The standard InChI is InChI=1S/C15H13F3N2O2S/c1-19-10(5-12(21)22)11-4-7(6-20(11)15(19)23)13-8(16)2-3-9(17)14(13)18/h2-3,7H,4-6H2,1H3,(H,21,22)/t7-/m1/s1. The SMILES string of the molecule is Cn1c(CC(=O)O)c2n(c1=S)C[C@H](c1c(F)ccc(F)c1F)C2. The first kappa shape index (κ1) is 15.8. The van der Waals surface area contributed by atoms with E-state index in [0.29, 0.717) is 16.2 Å². The Kier molecular flexibility index (Phi) is 3.79. The molecule has 2 aromatic rings. The van der Waals surface area contributed by atoms with Gasteiger partial charge < -0.3 is 14.2 Å². The molecule has 8 heteroatoms. The van der Waals surface area contributed by atoms with Gasteiger partial charge in [0.2, 0.25) is 0 Å². The van der Waals surface area contributed by atoms with E-state index in [-0.39, 0.29) is 24.9 Å². The molecular formula is C15H13F3N2O2S. The molecule has 0 fully saturated rings. The quantitative estimate of drug-likeness (QED) is 0.689. The fraction of sp³-hybridized carbons (Fsp3) is 0.333. The number of aromatic nitrogens is 2. The second-order valence-corrected chi connectivity index (χ2v) is 5.94. The molecule has 2 heterocycles. The van der Waals surface area contributed by atoms with E-state index >= 15 is 0 Å². The van der Waals surface area contributed by atoms with Crippen LogP contribution in [0.5, 0.6) is 0 Å². The van der Waals surface area contributed by atoms with Gasteiger partial charge >= 0.3 is 5.97 Å². The second-order valence-electron chi connectivity index (χ2n) is 5.57. The van der Waals surface area contributed by atoms with Crippen molar-refractivity contribution < 1.29 is 23.1 Å². The number of benzene rings is 1. The minimum atomic E-state index is -1.20. The highest BCUT2D eigenvalue weighted by Crippen LogP contribution is 2.35. The van der Waals surface area contributed by atoms with Gasteiger partial charge in [0.05, 0.1) is 12.1 Å². The van der Waals surface area contributed by atoms with Crippen molar-refractivity contribution in [3.63, 3.8) is 0 Å². The van der Waals surface area contributed by atoms with Gasteiger partial charge in [0.15, 0.2) is 16.4 Å². The van der Waals surface area contributed by atoms with Gasteiger partial charge in [-0.3, -0.25) is 4.79 Å². The van der Waals surface area contributed by atoms with E-state index in [1.165, 1.54) is 0 Å². The van der Waals surface area contributed by atoms with Crippen LogP contribution in [0.1, 0.15) is 22.9 Å². The first-order valence-corrected chi connectivity index (χ1v) is 7.34. The number of fused-ring (bicyclic) bond motifs is 1. The maximum absolute atomic E-state index is 14.0. The van der Waals surface area contributed by atoms with E-state index < -0.39 is 29.3 Å². The zero-order valence-corrected chi connectivity index (χ0v) is 13.0. The fourth-order valence-corrected chi connectivity index (χ4v) is 3.47. The molecule has 0 unspecified atom stereocenters. The summed E-state index contributed by atoms with van der Waals surface area (Å²) in [5.74, 6) is -4.75. The van der Waals surface area contributed by atoms with Crippen LogP contribution in [0.3, 0.4) is 0 Å². The first-order chi connectivity index (χ1) is 10.8. The summed E-state index contributed by atoms with van der Waals surface area (Å²) in [5, 5.41) is 9.01. The van der Waals surface area contributed by atoms with Gasteiger partial charge in [0, 0.05) is 30.8 Å². The molecule has 4 nitrogen and oxygen atoms in total. The summed E-state index contributed by atoms with van der Waals surface area (Å²) in [7, 11) is 1.66.